The lowest BCUT2D eigenvalue weighted by Gasteiger charge is -2.36. The predicted molar refractivity (Wildman–Crippen MR) is 110 cm³/mol. The van der Waals surface area contributed by atoms with Crippen molar-refractivity contribution < 1.29 is 13.9 Å². The standard InChI is InChI=1S/C22H23FN4O2/c1-2-29-21-9-5-19(6-10-21)25-16-17(15-24)22(28)27-13-11-26(12-14-27)20-7-3-18(23)4-8-20/h3-10,16,25H,2,11-14H2,1H3/b17-16-. The van der Waals surface area contributed by atoms with Gasteiger partial charge >= 0.3 is 0 Å². The lowest BCUT2D eigenvalue weighted by atomic mass is 10.2. The van der Waals surface area contributed by atoms with Crippen molar-refractivity contribution >= 4 is 17.3 Å². The summed E-state index contributed by atoms with van der Waals surface area (Å²) in [6.07, 6.45) is 1.43. The van der Waals surface area contributed by atoms with E-state index in [0.29, 0.717) is 32.8 Å². The Morgan fingerprint density at radius 2 is 1.79 bits per heavy atom. The Morgan fingerprint density at radius 1 is 1.14 bits per heavy atom. The summed E-state index contributed by atoms with van der Waals surface area (Å²) in [7, 11) is 0. The molecule has 7 heteroatoms. The first kappa shape index (κ1) is 20.2. The van der Waals surface area contributed by atoms with E-state index in [4.69, 9.17) is 4.74 Å². The number of carbonyl (C=O) groups is 1. The number of nitriles is 1. The van der Waals surface area contributed by atoms with Crippen LogP contribution in [0.15, 0.2) is 60.3 Å². The highest BCUT2D eigenvalue weighted by Crippen LogP contribution is 2.18. The fourth-order valence-corrected chi connectivity index (χ4v) is 3.10. The van der Waals surface area contributed by atoms with Gasteiger partial charge in [-0.05, 0) is 55.5 Å². The monoisotopic (exact) mass is 394 g/mol. The Labute approximate surface area is 169 Å². The van der Waals surface area contributed by atoms with E-state index in [1.807, 2.05) is 37.3 Å². The van der Waals surface area contributed by atoms with Crippen molar-refractivity contribution in [2.75, 3.05) is 43.0 Å². The van der Waals surface area contributed by atoms with Crippen LogP contribution in [0.5, 0.6) is 5.75 Å². The minimum absolute atomic E-state index is 0.0501. The highest BCUT2D eigenvalue weighted by molar-refractivity contribution is 5.97. The second kappa shape index (κ2) is 9.60. The molecule has 3 rings (SSSR count). The third kappa shape index (κ3) is 5.26. The summed E-state index contributed by atoms with van der Waals surface area (Å²) in [6, 6.07) is 15.6. The number of nitrogens with one attached hydrogen (secondary N) is 1. The number of amides is 1. The molecular formula is C22H23FN4O2. The highest BCUT2D eigenvalue weighted by Gasteiger charge is 2.23. The molecule has 1 aliphatic rings. The van der Waals surface area contributed by atoms with Crippen molar-refractivity contribution in [3.05, 3.63) is 66.1 Å². The van der Waals surface area contributed by atoms with E-state index in [1.54, 1.807) is 17.0 Å². The van der Waals surface area contributed by atoms with Crippen molar-refractivity contribution in [2.45, 2.75) is 6.92 Å². The van der Waals surface area contributed by atoms with Gasteiger partial charge in [0.15, 0.2) is 0 Å². The molecule has 0 aliphatic carbocycles. The average molecular weight is 394 g/mol. The molecule has 1 aliphatic heterocycles. The summed E-state index contributed by atoms with van der Waals surface area (Å²) in [6.45, 7) is 4.76. The average Bonchev–Trinajstić information content (AvgIpc) is 2.76. The van der Waals surface area contributed by atoms with Crippen molar-refractivity contribution in [3.8, 4) is 11.8 Å². The van der Waals surface area contributed by atoms with Gasteiger partial charge in [0.25, 0.3) is 5.91 Å². The topological polar surface area (TPSA) is 68.6 Å². The van der Waals surface area contributed by atoms with Crippen molar-refractivity contribution in [3.63, 3.8) is 0 Å². The van der Waals surface area contributed by atoms with Crippen LogP contribution in [0.1, 0.15) is 6.92 Å². The van der Waals surface area contributed by atoms with E-state index in [-0.39, 0.29) is 17.3 Å². The molecule has 29 heavy (non-hydrogen) atoms. The number of carbonyl (C=O) groups excluding carboxylic acids is 1. The first-order valence-corrected chi connectivity index (χ1v) is 9.50. The van der Waals surface area contributed by atoms with Gasteiger partial charge in [0, 0.05) is 43.8 Å². The summed E-state index contributed by atoms with van der Waals surface area (Å²) in [5.74, 6) is 0.189. The quantitative estimate of drug-likeness (QED) is 0.601. The lowest BCUT2D eigenvalue weighted by molar-refractivity contribution is -0.127. The zero-order valence-corrected chi connectivity index (χ0v) is 16.3. The Bertz CT molecular complexity index is 896. The molecule has 6 nitrogen and oxygen atoms in total. The Balaban J connectivity index is 1.57. The van der Waals surface area contributed by atoms with Crippen molar-refractivity contribution in [2.24, 2.45) is 0 Å². The Morgan fingerprint density at radius 3 is 2.38 bits per heavy atom. The molecule has 0 radical (unpaired) electrons. The largest absolute Gasteiger partial charge is 0.494 e. The van der Waals surface area contributed by atoms with Crippen LogP contribution in [-0.2, 0) is 4.79 Å². The van der Waals surface area contributed by atoms with Gasteiger partial charge < -0.3 is 19.9 Å². The van der Waals surface area contributed by atoms with Gasteiger partial charge in [-0.15, -0.1) is 0 Å². The number of anilines is 2. The van der Waals surface area contributed by atoms with Crippen LogP contribution >= 0.6 is 0 Å². The molecular weight excluding hydrogens is 371 g/mol. The summed E-state index contributed by atoms with van der Waals surface area (Å²) in [5, 5.41) is 12.4. The predicted octanol–water partition coefficient (Wildman–Crippen LogP) is 3.39. The van der Waals surface area contributed by atoms with Gasteiger partial charge in [0.1, 0.15) is 23.2 Å². The zero-order chi connectivity index (χ0) is 20.6. The van der Waals surface area contributed by atoms with Gasteiger partial charge in [-0.2, -0.15) is 5.26 Å². The number of piperazine rings is 1. The third-order valence-corrected chi connectivity index (χ3v) is 4.66. The van der Waals surface area contributed by atoms with Gasteiger partial charge in [-0.25, -0.2) is 4.39 Å². The molecule has 0 spiro atoms. The summed E-state index contributed by atoms with van der Waals surface area (Å²) in [5.41, 5.74) is 1.73. The lowest BCUT2D eigenvalue weighted by Crippen LogP contribution is -2.49. The molecule has 1 saturated heterocycles. The molecule has 0 bridgehead atoms. The summed E-state index contributed by atoms with van der Waals surface area (Å²) in [4.78, 5) is 16.4. The van der Waals surface area contributed by atoms with E-state index in [2.05, 4.69) is 10.2 Å². The normalized spacial score (nSPS) is 14.3. The first-order valence-electron chi connectivity index (χ1n) is 9.50. The SMILES string of the molecule is CCOc1ccc(N/C=C(/C#N)C(=O)N2CCN(c3ccc(F)cc3)CC2)cc1. The van der Waals surface area contributed by atoms with Crippen LogP contribution in [0.2, 0.25) is 0 Å². The van der Waals surface area contributed by atoms with Gasteiger partial charge in [0.05, 0.1) is 6.61 Å². The maximum Gasteiger partial charge on any atom is 0.266 e. The Hall–Kier alpha value is -3.53. The maximum atomic E-state index is 13.1. The second-order valence-corrected chi connectivity index (χ2v) is 6.53. The molecule has 2 aromatic carbocycles. The summed E-state index contributed by atoms with van der Waals surface area (Å²) >= 11 is 0. The second-order valence-electron chi connectivity index (χ2n) is 6.53. The summed E-state index contributed by atoms with van der Waals surface area (Å²) < 4.78 is 18.5. The molecule has 150 valence electrons. The molecule has 1 heterocycles. The van der Waals surface area contributed by atoms with Crippen LogP contribution in [0.3, 0.4) is 0 Å². The highest BCUT2D eigenvalue weighted by atomic mass is 19.1. The van der Waals surface area contributed by atoms with Crippen LogP contribution in [-0.4, -0.2) is 43.6 Å². The van der Waals surface area contributed by atoms with Crippen molar-refractivity contribution in [1.29, 1.82) is 5.26 Å². The van der Waals surface area contributed by atoms with Crippen LogP contribution in [0, 0.1) is 17.1 Å². The zero-order valence-electron chi connectivity index (χ0n) is 16.3. The molecule has 1 fully saturated rings. The fraction of sp³-hybridized carbons (Fsp3) is 0.273. The van der Waals surface area contributed by atoms with Gasteiger partial charge in [-0.1, -0.05) is 0 Å². The smallest absolute Gasteiger partial charge is 0.266 e. The van der Waals surface area contributed by atoms with Crippen LogP contribution in [0.4, 0.5) is 15.8 Å². The van der Waals surface area contributed by atoms with Crippen molar-refractivity contribution in [1.82, 2.24) is 4.90 Å². The minimum Gasteiger partial charge on any atom is -0.494 e. The fourth-order valence-electron chi connectivity index (χ4n) is 3.10. The number of nitrogens with zero attached hydrogens (tertiary/aromatic N) is 3. The van der Waals surface area contributed by atoms with E-state index in [1.165, 1.54) is 18.3 Å². The molecule has 0 saturated carbocycles. The van der Waals surface area contributed by atoms with E-state index >= 15 is 0 Å². The molecule has 1 N–H and O–H groups in total. The number of ether oxygens (including phenoxy) is 1. The minimum atomic E-state index is -0.301. The van der Waals surface area contributed by atoms with E-state index in [9.17, 15) is 14.4 Å². The molecule has 0 unspecified atom stereocenters. The maximum absolute atomic E-state index is 13.1. The number of rotatable bonds is 6. The van der Waals surface area contributed by atoms with E-state index in [0.717, 1.165) is 17.1 Å². The number of halogens is 1. The number of benzene rings is 2. The van der Waals surface area contributed by atoms with Gasteiger partial charge in [0.2, 0.25) is 0 Å². The number of hydrogen-bond acceptors (Lipinski definition) is 5. The van der Waals surface area contributed by atoms with E-state index < -0.39 is 0 Å². The third-order valence-electron chi connectivity index (χ3n) is 4.66. The van der Waals surface area contributed by atoms with Gasteiger partial charge in [-0.3, -0.25) is 4.79 Å². The molecule has 2 aromatic rings. The first-order chi connectivity index (χ1) is 14.1. The molecule has 0 aromatic heterocycles. The molecule has 0 atom stereocenters. The molecule has 1 amide bonds. The van der Waals surface area contributed by atoms with Crippen LogP contribution < -0.4 is 15.0 Å². The number of hydrogen-bond donors (Lipinski definition) is 1. The van der Waals surface area contributed by atoms with Crippen LogP contribution in [0.25, 0.3) is 0 Å². The Kier molecular flexibility index (Phi) is 6.69.